The van der Waals surface area contributed by atoms with E-state index in [-0.39, 0.29) is 6.61 Å². The Hall–Kier alpha value is -1.36. The van der Waals surface area contributed by atoms with Crippen LogP contribution in [0.15, 0.2) is 6.33 Å². The van der Waals surface area contributed by atoms with Crippen molar-refractivity contribution in [2.75, 3.05) is 30.3 Å². The Morgan fingerprint density at radius 3 is 2.33 bits per heavy atom. The molecule has 0 amide bonds. The summed E-state index contributed by atoms with van der Waals surface area (Å²) in [4.78, 5) is 8.27. The number of anilines is 2. The van der Waals surface area contributed by atoms with Crippen LogP contribution in [0.25, 0.3) is 0 Å². The van der Waals surface area contributed by atoms with Gasteiger partial charge in [-0.1, -0.05) is 6.92 Å². The lowest BCUT2D eigenvalue weighted by Gasteiger charge is -2.11. The average molecular weight is 210 g/mol. The molecular weight excluding hydrogens is 192 g/mol. The van der Waals surface area contributed by atoms with Crippen molar-refractivity contribution >= 4 is 11.6 Å². The van der Waals surface area contributed by atoms with Gasteiger partial charge in [-0.25, -0.2) is 9.97 Å². The third-order valence-electron chi connectivity index (χ3n) is 2.03. The van der Waals surface area contributed by atoms with E-state index < -0.39 is 0 Å². The topological polar surface area (TPSA) is 70.1 Å². The molecule has 0 aliphatic heterocycles. The van der Waals surface area contributed by atoms with Crippen LogP contribution < -0.4 is 10.6 Å². The van der Waals surface area contributed by atoms with Crippen molar-refractivity contribution in [3.63, 3.8) is 0 Å². The molecule has 0 aliphatic rings. The number of hydrogen-bond donors (Lipinski definition) is 3. The molecule has 1 aromatic rings. The highest BCUT2D eigenvalue weighted by Gasteiger charge is 2.04. The lowest BCUT2D eigenvalue weighted by molar-refractivity contribution is 0.311. The van der Waals surface area contributed by atoms with Gasteiger partial charge in [0.2, 0.25) is 0 Å². The molecular formula is C10H18N4O. The number of nitrogens with zero attached hydrogens (tertiary/aromatic N) is 2. The van der Waals surface area contributed by atoms with Gasteiger partial charge >= 0.3 is 0 Å². The Morgan fingerprint density at radius 1 is 1.20 bits per heavy atom. The van der Waals surface area contributed by atoms with E-state index in [2.05, 4.69) is 27.5 Å². The normalized spacial score (nSPS) is 10.1. The van der Waals surface area contributed by atoms with Crippen LogP contribution in [0.2, 0.25) is 0 Å². The second-order valence-electron chi connectivity index (χ2n) is 3.27. The number of rotatable bonds is 6. The van der Waals surface area contributed by atoms with E-state index in [9.17, 15) is 0 Å². The van der Waals surface area contributed by atoms with Gasteiger partial charge < -0.3 is 15.7 Å². The van der Waals surface area contributed by atoms with Crippen molar-refractivity contribution in [3.8, 4) is 0 Å². The fourth-order valence-corrected chi connectivity index (χ4v) is 1.22. The maximum atomic E-state index is 8.71. The molecule has 1 aromatic heterocycles. The maximum absolute atomic E-state index is 8.71. The zero-order chi connectivity index (χ0) is 11.1. The highest BCUT2D eigenvalue weighted by Crippen LogP contribution is 2.17. The standard InChI is InChI=1S/C10H18N4O/c1-3-4-11-9-8(2)10(12-5-6-15)14-7-13-9/h7,15H,3-6H2,1-2H3,(H2,11,12,13,14). The molecule has 5 nitrogen and oxygen atoms in total. The zero-order valence-corrected chi connectivity index (χ0v) is 9.25. The van der Waals surface area contributed by atoms with E-state index in [1.807, 2.05) is 6.92 Å². The first-order valence-electron chi connectivity index (χ1n) is 5.19. The van der Waals surface area contributed by atoms with Crippen molar-refractivity contribution in [2.45, 2.75) is 20.3 Å². The van der Waals surface area contributed by atoms with Crippen molar-refractivity contribution in [2.24, 2.45) is 0 Å². The molecule has 15 heavy (non-hydrogen) atoms. The molecule has 1 heterocycles. The van der Waals surface area contributed by atoms with Gasteiger partial charge in [-0.05, 0) is 13.3 Å². The van der Waals surface area contributed by atoms with Crippen LogP contribution in [0.3, 0.4) is 0 Å². The van der Waals surface area contributed by atoms with Crippen molar-refractivity contribution in [1.82, 2.24) is 9.97 Å². The van der Waals surface area contributed by atoms with E-state index >= 15 is 0 Å². The molecule has 0 aromatic carbocycles. The molecule has 0 saturated carbocycles. The minimum Gasteiger partial charge on any atom is -0.395 e. The predicted octanol–water partition coefficient (Wildman–Crippen LogP) is 1.01. The van der Waals surface area contributed by atoms with Gasteiger partial charge in [0.1, 0.15) is 18.0 Å². The second kappa shape index (κ2) is 6.19. The Labute approximate surface area is 90.0 Å². The lowest BCUT2D eigenvalue weighted by atomic mass is 10.3. The van der Waals surface area contributed by atoms with Crippen LogP contribution in [-0.2, 0) is 0 Å². The van der Waals surface area contributed by atoms with Gasteiger partial charge in [-0.3, -0.25) is 0 Å². The van der Waals surface area contributed by atoms with Crippen LogP contribution in [0.4, 0.5) is 11.6 Å². The minimum absolute atomic E-state index is 0.0984. The number of aromatic nitrogens is 2. The molecule has 0 atom stereocenters. The fraction of sp³-hybridized carbons (Fsp3) is 0.600. The average Bonchev–Trinajstić information content (AvgIpc) is 2.26. The van der Waals surface area contributed by atoms with Gasteiger partial charge in [0.25, 0.3) is 0 Å². The minimum atomic E-state index is 0.0984. The smallest absolute Gasteiger partial charge is 0.134 e. The number of nitrogens with one attached hydrogen (secondary N) is 2. The summed E-state index contributed by atoms with van der Waals surface area (Å²) in [6.07, 6.45) is 2.58. The van der Waals surface area contributed by atoms with E-state index in [1.165, 1.54) is 6.33 Å². The Balaban J connectivity index is 2.71. The van der Waals surface area contributed by atoms with Crippen molar-refractivity contribution in [1.29, 1.82) is 0 Å². The highest BCUT2D eigenvalue weighted by atomic mass is 16.3. The van der Waals surface area contributed by atoms with Gasteiger partial charge in [-0.15, -0.1) is 0 Å². The summed E-state index contributed by atoms with van der Waals surface area (Å²) in [5, 5.41) is 15.0. The number of aliphatic hydroxyl groups excluding tert-OH is 1. The zero-order valence-electron chi connectivity index (χ0n) is 9.25. The summed E-state index contributed by atoms with van der Waals surface area (Å²) >= 11 is 0. The molecule has 0 radical (unpaired) electrons. The Morgan fingerprint density at radius 2 is 1.80 bits per heavy atom. The third kappa shape index (κ3) is 3.36. The molecule has 0 unspecified atom stereocenters. The van der Waals surface area contributed by atoms with Crippen LogP contribution >= 0.6 is 0 Å². The van der Waals surface area contributed by atoms with Crippen LogP contribution in [0.1, 0.15) is 18.9 Å². The van der Waals surface area contributed by atoms with Gasteiger partial charge in [0.05, 0.1) is 6.61 Å². The largest absolute Gasteiger partial charge is 0.395 e. The molecule has 0 aliphatic carbocycles. The van der Waals surface area contributed by atoms with Gasteiger partial charge in [0, 0.05) is 18.7 Å². The molecule has 0 bridgehead atoms. The monoisotopic (exact) mass is 210 g/mol. The summed E-state index contributed by atoms with van der Waals surface area (Å²) in [6, 6.07) is 0. The van der Waals surface area contributed by atoms with E-state index in [0.717, 1.165) is 30.2 Å². The van der Waals surface area contributed by atoms with Crippen LogP contribution in [0.5, 0.6) is 0 Å². The maximum Gasteiger partial charge on any atom is 0.134 e. The molecule has 0 fully saturated rings. The van der Waals surface area contributed by atoms with Gasteiger partial charge in [0.15, 0.2) is 0 Å². The summed E-state index contributed by atoms with van der Waals surface area (Å²) in [7, 11) is 0. The Bertz CT molecular complexity index is 277. The first-order valence-corrected chi connectivity index (χ1v) is 5.19. The van der Waals surface area contributed by atoms with Crippen LogP contribution in [0, 0.1) is 6.92 Å². The molecule has 84 valence electrons. The molecule has 3 N–H and O–H groups in total. The van der Waals surface area contributed by atoms with Gasteiger partial charge in [-0.2, -0.15) is 0 Å². The third-order valence-corrected chi connectivity index (χ3v) is 2.03. The molecule has 5 heteroatoms. The van der Waals surface area contributed by atoms with E-state index in [1.54, 1.807) is 0 Å². The first-order chi connectivity index (χ1) is 7.29. The summed E-state index contributed by atoms with van der Waals surface area (Å²) in [6.45, 7) is 5.57. The number of hydrogen-bond acceptors (Lipinski definition) is 5. The summed E-state index contributed by atoms with van der Waals surface area (Å²) < 4.78 is 0. The summed E-state index contributed by atoms with van der Waals surface area (Å²) in [5.74, 6) is 1.63. The lowest BCUT2D eigenvalue weighted by Crippen LogP contribution is -2.11. The second-order valence-corrected chi connectivity index (χ2v) is 3.27. The number of aliphatic hydroxyl groups is 1. The van der Waals surface area contributed by atoms with Crippen LogP contribution in [-0.4, -0.2) is 34.8 Å². The van der Waals surface area contributed by atoms with Crippen molar-refractivity contribution < 1.29 is 5.11 Å². The molecule has 1 rings (SSSR count). The Kier molecular flexibility index (Phi) is 4.83. The fourth-order valence-electron chi connectivity index (χ4n) is 1.22. The van der Waals surface area contributed by atoms with Crippen molar-refractivity contribution in [3.05, 3.63) is 11.9 Å². The molecule has 0 spiro atoms. The highest BCUT2D eigenvalue weighted by molar-refractivity contribution is 5.56. The summed E-state index contributed by atoms with van der Waals surface area (Å²) in [5.41, 5.74) is 0.986. The predicted molar refractivity (Wildman–Crippen MR) is 61.1 cm³/mol. The van der Waals surface area contributed by atoms with E-state index in [0.29, 0.717) is 6.54 Å². The molecule has 0 saturated heterocycles. The quantitative estimate of drug-likeness (QED) is 0.653. The SMILES string of the molecule is CCCNc1ncnc(NCCO)c1C. The first kappa shape index (κ1) is 11.7. The van der Waals surface area contributed by atoms with E-state index in [4.69, 9.17) is 5.11 Å².